The van der Waals surface area contributed by atoms with Crippen LogP contribution in [0.25, 0.3) is 0 Å². The lowest BCUT2D eigenvalue weighted by Crippen LogP contribution is -2.08. The van der Waals surface area contributed by atoms with Gasteiger partial charge in [-0.15, -0.1) is 0 Å². The molecule has 0 N–H and O–H groups in total. The van der Waals surface area contributed by atoms with Gasteiger partial charge in [0.1, 0.15) is 11.5 Å². The summed E-state index contributed by atoms with van der Waals surface area (Å²) in [5, 5.41) is 0. The van der Waals surface area contributed by atoms with Crippen LogP contribution in [0, 0.1) is 12.7 Å². The number of carbonyl (C=O) groups excluding carboxylic acids is 1. The van der Waals surface area contributed by atoms with Crippen LogP contribution in [-0.2, 0) is 0 Å². The van der Waals surface area contributed by atoms with Gasteiger partial charge in [0.15, 0.2) is 5.82 Å². The lowest BCUT2D eigenvalue weighted by molar-refractivity contribution is 0.103. The second kappa shape index (κ2) is 4.14. The van der Waals surface area contributed by atoms with Crippen LogP contribution in [0.1, 0.15) is 21.9 Å². The van der Waals surface area contributed by atoms with E-state index in [0.717, 1.165) is 6.20 Å². The maximum absolute atomic E-state index is 13.3. The number of aryl methyl sites for hydroxylation is 1. The molecule has 0 amide bonds. The third-order valence-electron chi connectivity index (χ3n) is 2.03. The molecule has 0 unspecified atom stereocenters. The van der Waals surface area contributed by atoms with E-state index in [1.807, 2.05) is 0 Å². The Kier molecular flexibility index (Phi) is 2.68. The van der Waals surface area contributed by atoms with E-state index in [-0.39, 0.29) is 11.3 Å². The molecule has 2 aromatic rings. The Bertz CT molecular complexity index is 542. The lowest BCUT2D eigenvalue weighted by atomic mass is 10.1. The SMILES string of the molecule is Cc1nccc(C(=O)c2ccncc2F)n1. The number of pyridine rings is 1. The molecule has 2 aromatic heterocycles. The van der Waals surface area contributed by atoms with Crippen LogP contribution in [0.5, 0.6) is 0 Å². The number of aromatic nitrogens is 3. The standard InChI is InChI=1S/C11H8FN3O/c1-7-14-5-3-10(15-7)11(16)8-2-4-13-6-9(8)12/h2-6H,1H3. The normalized spacial score (nSPS) is 10.1. The van der Waals surface area contributed by atoms with Crippen LogP contribution in [0.2, 0.25) is 0 Å². The molecule has 16 heavy (non-hydrogen) atoms. The minimum atomic E-state index is -0.649. The Balaban J connectivity index is 2.44. The van der Waals surface area contributed by atoms with Gasteiger partial charge in [0.2, 0.25) is 5.78 Å². The molecular formula is C11H8FN3O. The van der Waals surface area contributed by atoms with E-state index >= 15 is 0 Å². The van der Waals surface area contributed by atoms with E-state index in [0.29, 0.717) is 5.82 Å². The number of carbonyl (C=O) groups is 1. The summed E-state index contributed by atoms with van der Waals surface area (Å²) in [5.74, 6) is -0.644. The van der Waals surface area contributed by atoms with Gasteiger partial charge in [-0.25, -0.2) is 14.4 Å². The first-order valence-corrected chi connectivity index (χ1v) is 4.62. The van der Waals surface area contributed by atoms with Crippen molar-refractivity contribution in [2.75, 3.05) is 0 Å². The van der Waals surface area contributed by atoms with E-state index in [2.05, 4.69) is 15.0 Å². The lowest BCUT2D eigenvalue weighted by Gasteiger charge is -2.01. The van der Waals surface area contributed by atoms with Crippen molar-refractivity contribution in [2.24, 2.45) is 0 Å². The largest absolute Gasteiger partial charge is 0.287 e. The number of ketones is 1. The van der Waals surface area contributed by atoms with Gasteiger partial charge < -0.3 is 0 Å². The molecule has 0 aliphatic rings. The van der Waals surface area contributed by atoms with Crippen LogP contribution in [0.4, 0.5) is 4.39 Å². The average molecular weight is 217 g/mol. The Hall–Kier alpha value is -2.17. The van der Waals surface area contributed by atoms with Crippen molar-refractivity contribution < 1.29 is 9.18 Å². The quantitative estimate of drug-likeness (QED) is 0.716. The Morgan fingerprint density at radius 2 is 2.12 bits per heavy atom. The predicted octanol–water partition coefficient (Wildman–Crippen LogP) is 1.55. The Morgan fingerprint density at radius 3 is 2.81 bits per heavy atom. The van der Waals surface area contributed by atoms with Gasteiger partial charge in [0.25, 0.3) is 0 Å². The fourth-order valence-electron chi connectivity index (χ4n) is 1.28. The minimum absolute atomic E-state index is 0.0342. The van der Waals surface area contributed by atoms with Crippen molar-refractivity contribution in [3.63, 3.8) is 0 Å². The molecule has 0 radical (unpaired) electrons. The van der Waals surface area contributed by atoms with Crippen LogP contribution < -0.4 is 0 Å². The molecule has 0 fully saturated rings. The molecule has 0 saturated heterocycles. The summed E-state index contributed by atoms with van der Waals surface area (Å²) in [7, 11) is 0. The summed E-state index contributed by atoms with van der Waals surface area (Å²) in [6, 6.07) is 2.78. The molecular weight excluding hydrogens is 209 g/mol. The van der Waals surface area contributed by atoms with Crippen LogP contribution in [0.15, 0.2) is 30.7 Å². The zero-order valence-corrected chi connectivity index (χ0v) is 8.51. The summed E-state index contributed by atoms with van der Waals surface area (Å²) in [6.07, 6.45) is 3.83. The molecule has 0 saturated carbocycles. The molecule has 0 spiro atoms. The van der Waals surface area contributed by atoms with Crippen molar-refractivity contribution >= 4 is 5.78 Å². The number of hydrogen-bond donors (Lipinski definition) is 0. The van der Waals surface area contributed by atoms with Crippen molar-refractivity contribution in [1.29, 1.82) is 0 Å². The van der Waals surface area contributed by atoms with Gasteiger partial charge >= 0.3 is 0 Å². The molecule has 0 atom stereocenters. The summed E-state index contributed by atoms with van der Waals surface area (Å²) in [6.45, 7) is 1.67. The van der Waals surface area contributed by atoms with E-state index in [4.69, 9.17) is 0 Å². The molecule has 5 heteroatoms. The molecule has 0 bridgehead atoms. The van der Waals surface area contributed by atoms with Crippen molar-refractivity contribution in [3.05, 3.63) is 53.6 Å². The summed E-state index contributed by atoms with van der Waals surface area (Å²) >= 11 is 0. The van der Waals surface area contributed by atoms with Gasteiger partial charge in [-0.2, -0.15) is 0 Å². The van der Waals surface area contributed by atoms with E-state index in [1.165, 1.54) is 24.5 Å². The third-order valence-corrected chi connectivity index (χ3v) is 2.03. The van der Waals surface area contributed by atoms with Crippen LogP contribution in [0.3, 0.4) is 0 Å². The van der Waals surface area contributed by atoms with Crippen molar-refractivity contribution in [2.45, 2.75) is 6.92 Å². The molecule has 0 aliphatic carbocycles. The number of nitrogens with zero attached hydrogens (tertiary/aromatic N) is 3. The highest BCUT2D eigenvalue weighted by molar-refractivity contribution is 6.07. The minimum Gasteiger partial charge on any atom is -0.287 e. The van der Waals surface area contributed by atoms with Gasteiger partial charge in [0, 0.05) is 12.4 Å². The molecule has 0 aliphatic heterocycles. The highest BCUT2D eigenvalue weighted by Gasteiger charge is 2.14. The van der Waals surface area contributed by atoms with Gasteiger partial charge in [0.05, 0.1) is 11.8 Å². The fourth-order valence-corrected chi connectivity index (χ4v) is 1.28. The summed E-state index contributed by atoms with van der Waals surface area (Å²) < 4.78 is 13.3. The molecule has 4 nitrogen and oxygen atoms in total. The van der Waals surface area contributed by atoms with Crippen LogP contribution >= 0.6 is 0 Å². The van der Waals surface area contributed by atoms with Crippen molar-refractivity contribution in [1.82, 2.24) is 15.0 Å². The zero-order chi connectivity index (χ0) is 11.5. The zero-order valence-electron chi connectivity index (χ0n) is 8.51. The maximum Gasteiger partial charge on any atom is 0.214 e. The smallest absolute Gasteiger partial charge is 0.214 e. The van der Waals surface area contributed by atoms with E-state index < -0.39 is 11.6 Å². The van der Waals surface area contributed by atoms with Gasteiger partial charge in [-0.05, 0) is 19.1 Å². The topological polar surface area (TPSA) is 55.7 Å². The first-order valence-electron chi connectivity index (χ1n) is 4.62. The summed E-state index contributed by atoms with van der Waals surface area (Å²) in [5.41, 5.74) is 0.144. The molecule has 2 heterocycles. The highest BCUT2D eigenvalue weighted by atomic mass is 19.1. The Labute approximate surface area is 91.2 Å². The maximum atomic E-state index is 13.3. The van der Waals surface area contributed by atoms with E-state index in [9.17, 15) is 9.18 Å². The highest BCUT2D eigenvalue weighted by Crippen LogP contribution is 2.10. The average Bonchev–Trinajstić information content (AvgIpc) is 2.29. The van der Waals surface area contributed by atoms with Gasteiger partial charge in [-0.3, -0.25) is 9.78 Å². The third kappa shape index (κ3) is 1.93. The number of hydrogen-bond acceptors (Lipinski definition) is 4. The number of rotatable bonds is 2. The second-order valence-electron chi connectivity index (χ2n) is 3.17. The van der Waals surface area contributed by atoms with Crippen LogP contribution in [-0.4, -0.2) is 20.7 Å². The molecule has 80 valence electrons. The monoisotopic (exact) mass is 217 g/mol. The first kappa shape index (κ1) is 10.4. The predicted molar refractivity (Wildman–Crippen MR) is 54.4 cm³/mol. The molecule has 2 rings (SSSR count). The van der Waals surface area contributed by atoms with E-state index in [1.54, 1.807) is 6.92 Å². The first-order chi connectivity index (χ1) is 7.68. The van der Waals surface area contributed by atoms with Gasteiger partial charge in [-0.1, -0.05) is 0 Å². The van der Waals surface area contributed by atoms with Crippen molar-refractivity contribution in [3.8, 4) is 0 Å². The number of halogens is 1. The fraction of sp³-hybridized carbons (Fsp3) is 0.0909. The molecule has 0 aromatic carbocycles. The Morgan fingerprint density at radius 1 is 1.31 bits per heavy atom. The summed E-state index contributed by atoms with van der Waals surface area (Å²) in [4.78, 5) is 23.3. The second-order valence-corrected chi connectivity index (χ2v) is 3.17.